The maximum atomic E-state index is 13.2. The highest BCUT2D eigenvalue weighted by Crippen LogP contribution is 2.22. The Balaban J connectivity index is 1.35. The first-order valence-corrected chi connectivity index (χ1v) is 12.0. The monoisotopic (exact) mass is 507 g/mol. The lowest BCUT2D eigenvalue weighted by Gasteiger charge is -2.08. The summed E-state index contributed by atoms with van der Waals surface area (Å²) in [6.45, 7) is -0.0199. The SMILES string of the molecule is O=C(Nc1ccc(S(=O)(=O)Nc2nccs2)cc1)c1ccn(COc2ccc(F)c(Cl)c2)n1. The zero-order chi connectivity index (χ0) is 23.4. The first kappa shape index (κ1) is 22.7. The number of nitrogens with zero attached hydrogens (tertiary/aromatic N) is 3. The van der Waals surface area contributed by atoms with Gasteiger partial charge in [0, 0.05) is 29.5 Å². The zero-order valence-electron chi connectivity index (χ0n) is 16.6. The molecular weight excluding hydrogens is 493 g/mol. The molecule has 0 fully saturated rings. The van der Waals surface area contributed by atoms with Crippen LogP contribution in [0.25, 0.3) is 0 Å². The summed E-state index contributed by atoms with van der Waals surface area (Å²) in [5, 5.41) is 8.61. The fourth-order valence-electron chi connectivity index (χ4n) is 2.62. The van der Waals surface area contributed by atoms with Gasteiger partial charge in [-0.15, -0.1) is 11.3 Å². The molecule has 0 bridgehead atoms. The predicted molar refractivity (Wildman–Crippen MR) is 122 cm³/mol. The number of carbonyl (C=O) groups is 1. The van der Waals surface area contributed by atoms with Crippen LogP contribution < -0.4 is 14.8 Å². The van der Waals surface area contributed by atoms with Gasteiger partial charge in [0.15, 0.2) is 17.6 Å². The third-order valence-corrected chi connectivity index (χ3v) is 6.67. The number of benzene rings is 2. The molecule has 2 aromatic carbocycles. The number of anilines is 2. The van der Waals surface area contributed by atoms with Crippen molar-refractivity contribution in [1.82, 2.24) is 14.8 Å². The largest absolute Gasteiger partial charge is 0.471 e. The second-order valence-corrected chi connectivity index (χ2v) is 9.50. The molecule has 4 rings (SSSR count). The van der Waals surface area contributed by atoms with E-state index in [0.29, 0.717) is 11.4 Å². The highest BCUT2D eigenvalue weighted by molar-refractivity contribution is 7.93. The fraction of sp³-hybridized carbons (Fsp3) is 0.0500. The number of aromatic nitrogens is 3. The Labute approximate surface area is 196 Å². The molecule has 0 atom stereocenters. The van der Waals surface area contributed by atoms with Crippen LogP contribution in [0.15, 0.2) is 71.2 Å². The molecule has 4 aromatic rings. The number of halogens is 2. The van der Waals surface area contributed by atoms with Gasteiger partial charge < -0.3 is 10.1 Å². The van der Waals surface area contributed by atoms with Crippen LogP contribution in [0.4, 0.5) is 15.2 Å². The minimum atomic E-state index is -3.79. The highest BCUT2D eigenvalue weighted by atomic mass is 35.5. The number of thiazole rings is 1. The second-order valence-electron chi connectivity index (χ2n) is 6.51. The van der Waals surface area contributed by atoms with Crippen LogP contribution in [-0.2, 0) is 16.8 Å². The Kier molecular flexibility index (Phi) is 6.58. The number of rotatable bonds is 8. The number of nitrogens with one attached hydrogen (secondary N) is 2. The summed E-state index contributed by atoms with van der Waals surface area (Å²) in [5.74, 6) is -0.694. The molecule has 13 heteroatoms. The summed E-state index contributed by atoms with van der Waals surface area (Å²) in [5.41, 5.74) is 0.512. The van der Waals surface area contributed by atoms with Gasteiger partial charge in [-0.3, -0.25) is 9.52 Å². The van der Waals surface area contributed by atoms with Crippen molar-refractivity contribution in [3.05, 3.63) is 82.8 Å². The normalized spacial score (nSPS) is 11.2. The zero-order valence-corrected chi connectivity index (χ0v) is 19.0. The maximum absolute atomic E-state index is 13.2. The first-order chi connectivity index (χ1) is 15.8. The number of sulfonamides is 1. The average molecular weight is 508 g/mol. The first-order valence-electron chi connectivity index (χ1n) is 9.25. The van der Waals surface area contributed by atoms with Crippen LogP contribution in [0.5, 0.6) is 5.75 Å². The van der Waals surface area contributed by atoms with Crippen LogP contribution in [-0.4, -0.2) is 29.1 Å². The molecule has 1 amide bonds. The molecule has 0 saturated heterocycles. The van der Waals surface area contributed by atoms with E-state index in [0.717, 1.165) is 11.3 Å². The minimum Gasteiger partial charge on any atom is -0.471 e. The Morgan fingerprint density at radius 2 is 1.97 bits per heavy atom. The predicted octanol–water partition coefficient (Wildman–Crippen LogP) is 4.22. The molecule has 0 aliphatic rings. The van der Waals surface area contributed by atoms with Gasteiger partial charge in [-0.25, -0.2) is 22.5 Å². The van der Waals surface area contributed by atoms with Crippen LogP contribution in [0.2, 0.25) is 5.02 Å². The summed E-state index contributed by atoms with van der Waals surface area (Å²) in [6, 6.07) is 11.1. The third kappa shape index (κ3) is 5.66. The van der Waals surface area contributed by atoms with Gasteiger partial charge in [-0.1, -0.05) is 11.6 Å². The van der Waals surface area contributed by atoms with Gasteiger partial charge in [0.1, 0.15) is 11.6 Å². The molecule has 170 valence electrons. The molecule has 0 spiro atoms. The molecule has 0 aliphatic carbocycles. The van der Waals surface area contributed by atoms with E-state index in [1.165, 1.54) is 59.4 Å². The van der Waals surface area contributed by atoms with E-state index in [1.54, 1.807) is 11.6 Å². The van der Waals surface area contributed by atoms with Crippen molar-refractivity contribution in [2.24, 2.45) is 0 Å². The molecule has 2 N–H and O–H groups in total. The van der Waals surface area contributed by atoms with Crippen molar-refractivity contribution >= 4 is 49.7 Å². The standard InChI is InChI=1S/C20H15ClFN5O4S2/c21-16-11-14(3-6-17(16)22)31-12-27-9-7-18(25-27)19(28)24-13-1-4-15(5-2-13)33(29,30)26-20-23-8-10-32-20/h1-11H,12H2,(H,23,26)(H,24,28). The van der Waals surface area contributed by atoms with Gasteiger partial charge in [0.2, 0.25) is 0 Å². The molecule has 0 aliphatic heterocycles. The lowest BCUT2D eigenvalue weighted by atomic mass is 10.3. The third-order valence-electron chi connectivity index (χ3n) is 4.20. The summed E-state index contributed by atoms with van der Waals surface area (Å²) < 4.78 is 47.2. The number of ether oxygens (including phenoxy) is 1. The molecule has 0 unspecified atom stereocenters. The van der Waals surface area contributed by atoms with Gasteiger partial charge in [0.25, 0.3) is 15.9 Å². The van der Waals surface area contributed by atoms with E-state index in [4.69, 9.17) is 16.3 Å². The Morgan fingerprint density at radius 1 is 1.18 bits per heavy atom. The molecular formula is C20H15ClFN5O4S2. The van der Waals surface area contributed by atoms with Gasteiger partial charge in [-0.05, 0) is 42.5 Å². The summed E-state index contributed by atoms with van der Waals surface area (Å²) >= 11 is 6.88. The average Bonchev–Trinajstić information content (AvgIpc) is 3.47. The molecule has 9 nitrogen and oxygen atoms in total. The van der Waals surface area contributed by atoms with E-state index in [-0.39, 0.29) is 27.5 Å². The van der Waals surface area contributed by atoms with Gasteiger partial charge in [0.05, 0.1) is 9.92 Å². The van der Waals surface area contributed by atoms with Gasteiger partial charge >= 0.3 is 0 Å². The van der Waals surface area contributed by atoms with Crippen molar-refractivity contribution in [3.8, 4) is 5.75 Å². The van der Waals surface area contributed by atoms with Crippen LogP contribution in [0.3, 0.4) is 0 Å². The highest BCUT2D eigenvalue weighted by Gasteiger charge is 2.16. The van der Waals surface area contributed by atoms with Crippen LogP contribution in [0, 0.1) is 5.82 Å². The van der Waals surface area contributed by atoms with Crippen molar-refractivity contribution in [2.45, 2.75) is 11.6 Å². The Hall–Kier alpha value is -3.48. The van der Waals surface area contributed by atoms with E-state index in [9.17, 15) is 17.6 Å². The second kappa shape index (κ2) is 9.57. The minimum absolute atomic E-state index is 0.0199. The molecule has 2 aromatic heterocycles. The topological polar surface area (TPSA) is 115 Å². The Bertz CT molecular complexity index is 1380. The molecule has 0 radical (unpaired) electrons. The number of hydrogen-bond donors (Lipinski definition) is 2. The number of carbonyl (C=O) groups excluding carboxylic acids is 1. The summed E-state index contributed by atoms with van der Waals surface area (Å²) in [4.78, 5) is 16.4. The van der Waals surface area contributed by atoms with E-state index in [2.05, 4.69) is 20.1 Å². The van der Waals surface area contributed by atoms with Crippen molar-refractivity contribution in [1.29, 1.82) is 0 Å². The maximum Gasteiger partial charge on any atom is 0.276 e. The Morgan fingerprint density at radius 3 is 2.67 bits per heavy atom. The van der Waals surface area contributed by atoms with Gasteiger partial charge in [-0.2, -0.15) is 5.10 Å². The van der Waals surface area contributed by atoms with E-state index >= 15 is 0 Å². The summed E-state index contributed by atoms with van der Waals surface area (Å²) in [6.07, 6.45) is 3.03. The van der Waals surface area contributed by atoms with Crippen molar-refractivity contribution in [2.75, 3.05) is 10.0 Å². The van der Waals surface area contributed by atoms with Crippen LogP contribution >= 0.6 is 22.9 Å². The van der Waals surface area contributed by atoms with Crippen LogP contribution in [0.1, 0.15) is 10.5 Å². The van der Waals surface area contributed by atoms with E-state index < -0.39 is 21.7 Å². The quantitative estimate of drug-likeness (QED) is 0.369. The molecule has 33 heavy (non-hydrogen) atoms. The summed E-state index contributed by atoms with van der Waals surface area (Å²) in [7, 11) is -3.79. The van der Waals surface area contributed by atoms with Crippen molar-refractivity contribution in [3.63, 3.8) is 0 Å². The number of amides is 1. The smallest absolute Gasteiger partial charge is 0.276 e. The lowest BCUT2D eigenvalue weighted by molar-refractivity contribution is 0.102. The fourth-order valence-corrected chi connectivity index (χ4v) is 4.58. The van der Waals surface area contributed by atoms with E-state index in [1.807, 2.05) is 0 Å². The molecule has 0 saturated carbocycles. The molecule has 2 heterocycles. The lowest BCUT2D eigenvalue weighted by Crippen LogP contribution is -2.15. The number of hydrogen-bond acceptors (Lipinski definition) is 7. The van der Waals surface area contributed by atoms with Crippen molar-refractivity contribution < 1.29 is 22.3 Å².